The largest absolute Gasteiger partial charge is 0.481 e. The number of carbonyl (C=O) groups is 7. The van der Waals surface area contributed by atoms with Gasteiger partial charge in [0.15, 0.2) is 5.78 Å². The molecule has 37 heavy (non-hydrogen) atoms. The lowest BCUT2D eigenvalue weighted by atomic mass is 9.94. The SMILES string of the molecule is CC(C)CCC[C@@H](CCC(=O)NCC(=O)NCC(=O)NCC(=O)NCC(=O)NCC(=O)C(C)C)C(=O)O. The van der Waals surface area contributed by atoms with Crippen molar-refractivity contribution in [3.05, 3.63) is 0 Å². The van der Waals surface area contributed by atoms with Crippen LogP contribution in [0.4, 0.5) is 0 Å². The summed E-state index contributed by atoms with van der Waals surface area (Å²) in [7, 11) is 0. The molecule has 0 aromatic heterocycles. The van der Waals surface area contributed by atoms with Crippen LogP contribution in [-0.2, 0) is 33.6 Å². The molecule has 0 aliphatic heterocycles. The molecule has 210 valence electrons. The molecule has 0 aromatic carbocycles. The van der Waals surface area contributed by atoms with E-state index in [0.29, 0.717) is 12.3 Å². The van der Waals surface area contributed by atoms with Gasteiger partial charge in [-0.15, -0.1) is 0 Å². The number of aliphatic carboxylic acids is 1. The standard InChI is InChI=1S/C24H41N5O8/c1-15(2)6-5-7-17(24(36)37)8-9-19(31)26-11-21(33)28-13-23(35)29-14-22(34)27-12-20(32)25-10-18(30)16(3)4/h15-17H,5-14H2,1-4H3,(H,25,32)(H,26,31)(H,27,34)(H,28,33)(H,29,35)(H,36,37)/t17-/m0/s1. The van der Waals surface area contributed by atoms with Crippen LogP contribution in [0.2, 0.25) is 0 Å². The lowest BCUT2D eigenvalue weighted by Crippen LogP contribution is -2.46. The zero-order valence-corrected chi connectivity index (χ0v) is 22.1. The smallest absolute Gasteiger partial charge is 0.306 e. The van der Waals surface area contributed by atoms with Gasteiger partial charge in [-0.3, -0.25) is 33.6 Å². The van der Waals surface area contributed by atoms with E-state index in [1.54, 1.807) is 13.8 Å². The molecule has 0 spiro atoms. The molecule has 5 amide bonds. The van der Waals surface area contributed by atoms with Gasteiger partial charge in [-0.2, -0.15) is 0 Å². The Bertz CT molecular complexity index is 813. The number of rotatable bonds is 19. The minimum absolute atomic E-state index is 0.0341. The summed E-state index contributed by atoms with van der Waals surface area (Å²) in [5.74, 6) is -4.41. The van der Waals surface area contributed by atoms with Crippen LogP contribution in [0.3, 0.4) is 0 Å². The molecule has 0 aliphatic rings. The van der Waals surface area contributed by atoms with Crippen LogP contribution in [0, 0.1) is 17.8 Å². The van der Waals surface area contributed by atoms with Gasteiger partial charge >= 0.3 is 5.97 Å². The fraction of sp³-hybridized carbons (Fsp3) is 0.708. The Morgan fingerprint density at radius 3 is 1.35 bits per heavy atom. The maximum atomic E-state index is 11.9. The molecule has 0 saturated heterocycles. The quantitative estimate of drug-likeness (QED) is 0.124. The second-order valence-corrected chi connectivity index (χ2v) is 9.40. The lowest BCUT2D eigenvalue weighted by Gasteiger charge is -2.13. The topological polar surface area (TPSA) is 200 Å². The summed E-state index contributed by atoms with van der Waals surface area (Å²) in [6.07, 6.45) is 2.29. The molecule has 0 saturated carbocycles. The van der Waals surface area contributed by atoms with Crippen molar-refractivity contribution in [1.29, 1.82) is 0 Å². The summed E-state index contributed by atoms with van der Waals surface area (Å²) in [4.78, 5) is 81.6. The van der Waals surface area contributed by atoms with Crippen molar-refractivity contribution in [2.75, 3.05) is 32.7 Å². The molecule has 1 atom stereocenters. The van der Waals surface area contributed by atoms with Crippen molar-refractivity contribution in [3.63, 3.8) is 0 Å². The van der Waals surface area contributed by atoms with Crippen LogP contribution in [0.5, 0.6) is 0 Å². The average Bonchev–Trinajstić information content (AvgIpc) is 2.83. The average molecular weight is 528 g/mol. The fourth-order valence-electron chi connectivity index (χ4n) is 2.91. The maximum Gasteiger partial charge on any atom is 0.306 e. The highest BCUT2D eigenvalue weighted by Gasteiger charge is 2.19. The maximum absolute atomic E-state index is 11.9. The lowest BCUT2D eigenvalue weighted by molar-refractivity contribution is -0.142. The summed E-state index contributed by atoms with van der Waals surface area (Å²) in [6.45, 7) is 5.78. The first-order valence-corrected chi connectivity index (χ1v) is 12.4. The van der Waals surface area contributed by atoms with Crippen molar-refractivity contribution in [3.8, 4) is 0 Å². The van der Waals surface area contributed by atoms with Gasteiger partial charge in [0, 0.05) is 12.3 Å². The molecular formula is C24H41N5O8. The van der Waals surface area contributed by atoms with Crippen molar-refractivity contribution in [2.24, 2.45) is 17.8 Å². The van der Waals surface area contributed by atoms with Crippen LogP contribution in [0.25, 0.3) is 0 Å². The van der Waals surface area contributed by atoms with Gasteiger partial charge < -0.3 is 31.7 Å². The number of amides is 5. The molecule has 0 unspecified atom stereocenters. The predicted octanol–water partition coefficient (Wildman–Crippen LogP) is -0.900. The van der Waals surface area contributed by atoms with E-state index in [0.717, 1.165) is 12.8 Å². The molecule has 0 aliphatic carbocycles. The number of Topliss-reactive ketones (excluding diaryl/α,β-unsaturated/α-hetero) is 1. The Labute approximate surface area is 217 Å². The highest BCUT2D eigenvalue weighted by Crippen LogP contribution is 2.17. The first kappa shape index (κ1) is 33.5. The molecule has 0 fully saturated rings. The summed E-state index contributed by atoms with van der Waals surface area (Å²) >= 11 is 0. The Balaban J connectivity index is 4.05. The van der Waals surface area contributed by atoms with Crippen LogP contribution in [-0.4, -0.2) is 79.1 Å². The van der Waals surface area contributed by atoms with Crippen LogP contribution in [0.1, 0.15) is 59.8 Å². The zero-order valence-electron chi connectivity index (χ0n) is 22.1. The van der Waals surface area contributed by atoms with E-state index >= 15 is 0 Å². The molecule has 0 rings (SSSR count). The van der Waals surface area contributed by atoms with E-state index in [2.05, 4.69) is 40.4 Å². The fourth-order valence-corrected chi connectivity index (χ4v) is 2.91. The Morgan fingerprint density at radius 1 is 0.568 bits per heavy atom. The third-order valence-corrected chi connectivity index (χ3v) is 5.29. The Hall–Kier alpha value is -3.51. The summed E-state index contributed by atoms with van der Waals surface area (Å²) in [5.41, 5.74) is 0. The first-order valence-electron chi connectivity index (χ1n) is 12.4. The van der Waals surface area contributed by atoms with E-state index in [1.165, 1.54) is 0 Å². The Morgan fingerprint density at radius 2 is 0.973 bits per heavy atom. The van der Waals surface area contributed by atoms with Crippen molar-refractivity contribution < 1.29 is 38.7 Å². The molecule has 13 nitrogen and oxygen atoms in total. The number of carboxylic acid groups (broad SMARTS) is 1. The monoisotopic (exact) mass is 527 g/mol. The highest BCUT2D eigenvalue weighted by molar-refractivity contribution is 5.92. The molecule has 6 N–H and O–H groups in total. The summed E-state index contributed by atoms with van der Waals surface area (Å²) < 4.78 is 0. The van der Waals surface area contributed by atoms with Gasteiger partial charge in [0.05, 0.1) is 38.6 Å². The molecule has 13 heteroatoms. The van der Waals surface area contributed by atoms with Crippen molar-refractivity contribution in [2.45, 2.75) is 59.8 Å². The number of hydrogen-bond donors (Lipinski definition) is 6. The highest BCUT2D eigenvalue weighted by atomic mass is 16.4. The number of ketones is 1. The van der Waals surface area contributed by atoms with E-state index in [9.17, 15) is 38.7 Å². The van der Waals surface area contributed by atoms with Gasteiger partial charge in [-0.05, 0) is 18.8 Å². The molecule has 0 bridgehead atoms. The third-order valence-electron chi connectivity index (χ3n) is 5.29. The summed E-state index contributed by atoms with van der Waals surface area (Å²) in [5, 5.41) is 20.9. The first-order chi connectivity index (χ1) is 17.3. The number of carbonyl (C=O) groups excluding carboxylic acids is 6. The number of carboxylic acids is 1. The Kier molecular flexibility index (Phi) is 16.9. The van der Waals surface area contributed by atoms with E-state index in [-0.39, 0.29) is 44.2 Å². The third kappa shape index (κ3) is 18.4. The van der Waals surface area contributed by atoms with Crippen LogP contribution in [0.15, 0.2) is 0 Å². The minimum atomic E-state index is -0.949. The predicted molar refractivity (Wildman–Crippen MR) is 134 cm³/mol. The van der Waals surface area contributed by atoms with Gasteiger partial charge in [-0.25, -0.2) is 0 Å². The second kappa shape index (κ2) is 18.7. The number of hydrogen-bond acceptors (Lipinski definition) is 7. The molecular weight excluding hydrogens is 486 g/mol. The van der Waals surface area contributed by atoms with Gasteiger partial charge in [0.2, 0.25) is 29.5 Å². The normalized spacial score (nSPS) is 11.4. The molecule has 0 heterocycles. The van der Waals surface area contributed by atoms with Crippen LogP contribution < -0.4 is 26.6 Å². The summed E-state index contributed by atoms with van der Waals surface area (Å²) in [6, 6.07) is 0. The van der Waals surface area contributed by atoms with Gasteiger partial charge in [0.25, 0.3) is 0 Å². The van der Waals surface area contributed by atoms with Gasteiger partial charge in [0.1, 0.15) is 0 Å². The van der Waals surface area contributed by atoms with Gasteiger partial charge in [-0.1, -0.05) is 40.5 Å². The molecule has 0 radical (unpaired) electrons. The van der Waals surface area contributed by atoms with E-state index in [1.807, 2.05) is 0 Å². The van der Waals surface area contributed by atoms with Crippen LogP contribution >= 0.6 is 0 Å². The van der Waals surface area contributed by atoms with E-state index in [4.69, 9.17) is 0 Å². The minimum Gasteiger partial charge on any atom is -0.481 e. The van der Waals surface area contributed by atoms with Crippen molar-refractivity contribution in [1.82, 2.24) is 26.6 Å². The molecule has 0 aromatic rings. The van der Waals surface area contributed by atoms with E-state index < -0.39 is 54.5 Å². The number of nitrogens with one attached hydrogen (secondary N) is 5. The van der Waals surface area contributed by atoms with Crippen molar-refractivity contribution >= 4 is 41.3 Å². The zero-order chi connectivity index (χ0) is 28.4. The second-order valence-electron chi connectivity index (χ2n) is 9.40.